The third-order valence-corrected chi connectivity index (χ3v) is 3.52. The van der Waals surface area contributed by atoms with Gasteiger partial charge in [0, 0.05) is 13.1 Å². The highest BCUT2D eigenvalue weighted by atomic mass is 35.5. The molecule has 1 aliphatic carbocycles. The maximum atomic E-state index is 5.83. The predicted octanol–water partition coefficient (Wildman–Crippen LogP) is 1.87. The molecule has 1 heterocycles. The SMILES string of the molecule is Cl.Cl.Nc1cc2c(cc1N)C1CNCC2C1. The molecule has 5 N–H and O–H groups in total. The van der Waals surface area contributed by atoms with Crippen molar-refractivity contribution in [1.29, 1.82) is 0 Å². The topological polar surface area (TPSA) is 64.1 Å². The molecular weight excluding hydrogens is 245 g/mol. The van der Waals surface area contributed by atoms with Crippen molar-refractivity contribution in [3.8, 4) is 0 Å². The fourth-order valence-corrected chi connectivity index (χ4v) is 2.79. The Labute approximate surface area is 108 Å². The van der Waals surface area contributed by atoms with E-state index in [1.807, 2.05) is 0 Å². The van der Waals surface area contributed by atoms with Gasteiger partial charge in [-0.2, -0.15) is 0 Å². The average molecular weight is 262 g/mol. The summed E-state index contributed by atoms with van der Waals surface area (Å²) in [6.45, 7) is 2.18. The number of hydrogen-bond donors (Lipinski definition) is 3. The summed E-state index contributed by atoms with van der Waals surface area (Å²) < 4.78 is 0. The van der Waals surface area contributed by atoms with Crippen LogP contribution in [0.15, 0.2) is 12.1 Å². The Morgan fingerprint density at radius 2 is 1.38 bits per heavy atom. The molecule has 5 heteroatoms. The molecule has 0 amide bonds. The summed E-state index contributed by atoms with van der Waals surface area (Å²) in [5, 5.41) is 3.45. The zero-order valence-corrected chi connectivity index (χ0v) is 10.5. The summed E-state index contributed by atoms with van der Waals surface area (Å²) in [4.78, 5) is 0. The molecule has 2 unspecified atom stereocenters. The molecule has 2 bridgehead atoms. The van der Waals surface area contributed by atoms with Gasteiger partial charge >= 0.3 is 0 Å². The number of piperidine rings is 1. The lowest BCUT2D eigenvalue weighted by atomic mass is 9.98. The first-order valence-electron chi connectivity index (χ1n) is 5.15. The standard InChI is InChI=1S/C11H15N3.2ClH/c12-10-2-8-6-1-7(5-14-4-6)9(8)3-11(10)13;;/h2-3,6-7,14H,1,4-5,12-13H2;2*1H. The van der Waals surface area contributed by atoms with E-state index in [4.69, 9.17) is 11.5 Å². The lowest BCUT2D eigenvalue weighted by Crippen LogP contribution is -2.28. The molecule has 0 radical (unpaired) electrons. The molecule has 90 valence electrons. The number of fused-ring (bicyclic) bond motifs is 5. The number of nitrogens with two attached hydrogens (primary N) is 2. The van der Waals surface area contributed by atoms with E-state index in [0.29, 0.717) is 11.8 Å². The van der Waals surface area contributed by atoms with Gasteiger partial charge in [0.1, 0.15) is 0 Å². The van der Waals surface area contributed by atoms with E-state index in [9.17, 15) is 0 Å². The second kappa shape index (κ2) is 4.70. The van der Waals surface area contributed by atoms with Crippen LogP contribution in [-0.2, 0) is 0 Å². The minimum absolute atomic E-state index is 0. The molecular formula is C11H17Cl2N3. The first-order chi connectivity index (χ1) is 6.75. The Morgan fingerprint density at radius 3 is 1.81 bits per heavy atom. The number of rotatable bonds is 0. The van der Waals surface area contributed by atoms with Gasteiger partial charge < -0.3 is 16.8 Å². The van der Waals surface area contributed by atoms with Gasteiger partial charge in [-0.1, -0.05) is 0 Å². The van der Waals surface area contributed by atoms with Gasteiger partial charge in [0.15, 0.2) is 0 Å². The molecule has 0 aromatic heterocycles. The second-order valence-corrected chi connectivity index (χ2v) is 4.40. The molecule has 1 aliphatic heterocycles. The molecule has 2 atom stereocenters. The molecule has 3 rings (SSSR count). The summed E-state index contributed by atoms with van der Waals surface area (Å²) in [5.74, 6) is 1.32. The number of halogens is 2. The number of hydrogen-bond acceptors (Lipinski definition) is 3. The minimum atomic E-state index is 0. The van der Waals surface area contributed by atoms with Crippen molar-refractivity contribution in [2.45, 2.75) is 18.3 Å². The molecule has 2 aliphatic rings. The van der Waals surface area contributed by atoms with Crippen LogP contribution in [-0.4, -0.2) is 13.1 Å². The predicted molar refractivity (Wildman–Crippen MR) is 72.7 cm³/mol. The molecule has 3 nitrogen and oxygen atoms in total. The number of nitrogens with one attached hydrogen (secondary N) is 1. The quantitative estimate of drug-likeness (QED) is 0.625. The van der Waals surface area contributed by atoms with Crippen LogP contribution in [0.5, 0.6) is 0 Å². The van der Waals surface area contributed by atoms with Gasteiger partial charge in [-0.05, 0) is 41.5 Å². The van der Waals surface area contributed by atoms with Crippen molar-refractivity contribution >= 4 is 36.2 Å². The largest absolute Gasteiger partial charge is 0.397 e. The van der Waals surface area contributed by atoms with E-state index in [1.165, 1.54) is 17.5 Å². The fraction of sp³-hybridized carbons (Fsp3) is 0.455. The Bertz CT molecular complexity index is 360. The summed E-state index contributed by atoms with van der Waals surface area (Å²) in [7, 11) is 0. The maximum Gasteiger partial charge on any atom is 0.0550 e. The molecule has 0 saturated carbocycles. The van der Waals surface area contributed by atoms with Crippen molar-refractivity contribution < 1.29 is 0 Å². The van der Waals surface area contributed by atoms with Crippen molar-refractivity contribution in [3.63, 3.8) is 0 Å². The summed E-state index contributed by atoms with van der Waals surface area (Å²) in [6.07, 6.45) is 1.27. The van der Waals surface area contributed by atoms with Gasteiger partial charge in [-0.15, -0.1) is 24.8 Å². The Kier molecular flexibility index (Phi) is 3.94. The smallest absolute Gasteiger partial charge is 0.0550 e. The van der Waals surface area contributed by atoms with Crippen molar-refractivity contribution in [2.75, 3.05) is 24.6 Å². The molecule has 1 aromatic carbocycles. The van der Waals surface area contributed by atoms with E-state index < -0.39 is 0 Å². The van der Waals surface area contributed by atoms with Gasteiger partial charge in [0.25, 0.3) is 0 Å². The second-order valence-electron chi connectivity index (χ2n) is 4.40. The monoisotopic (exact) mass is 261 g/mol. The number of anilines is 2. The highest BCUT2D eigenvalue weighted by molar-refractivity contribution is 5.85. The maximum absolute atomic E-state index is 5.83. The van der Waals surface area contributed by atoms with Crippen LogP contribution in [0, 0.1) is 0 Å². The highest BCUT2D eigenvalue weighted by Gasteiger charge is 2.34. The van der Waals surface area contributed by atoms with Crippen LogP contribution in [0.4, 0.5) is 11.4 Å². The normalized spacial score (nSPS) is 25.2. The van der Waals surface area contributed by atoms with Crippen molar-refractivity contribution in [2.24, 2.45) is 0 Å². The lowest BCUT2D eigenvalue weighted by molar-refractivity contribution is 0.454. The molecule has 0 spiro atoms. The van der Waals surface area contributed by atoms with Crippen molar-refractivity contribution in [3.05, 3.63) is 23.3 Å². The number of benzene rings is 1. The van der Waals surface area contributed by atoms with Crippen LogP contribution in [0.25, 0.3) is 0 Å². The molecule has 1 saturated heterocycles. The Morgan fingerprint density at radius 1 is 0.938 bits per heavy atom. The average Bonchev–Trinajstić information content (AvgIpc) is 2.42. The zero-order valence-electron chi connectivity index (χ0n) is 8.90. The van der Waals surface area contributed by atoms with E-state index in [2.05, 4.69) is 17.4 Å². The first kappa shape index (κ1) is 13.4. The minimum Gasteiger partial charge on any atom is -0.397 e. The van der Waals surface area contributed by atoms with Gasteiger partial charge in [-0.3, -0.25) is 0 Å². The Hall–Kier alpha value is -0.640. The number of nitrogen functional groups attached to an aromatic ring is 2. The molecule has 16 heavy (non-hydrogen) atoms. The third kappa shape index (κ3) is 1.83. The molecule has 1 fully saturated rings. The Balaban J connectivity index is 0.000000640. The van der Waals surface area contributed by atoms with Crippen LogP contribution in [0.1, 0.15) is 29.4 Å². The van der Waals surface area contributed by atoms with Gasteiger partial charge in [0.05, 0.1) is 11.4 Å². The van der Waals surface area contributed by atoms with Crippen LogP contribution in [0.2, 0.25) is 0 Å². The third-order valence-electron chi connectivity index (χ3n) is 3.52. The highest BCUT2D eigenvalue weighted by Crippen LogP contribution is 2.45. The van der Waals surface area contributed by atoms with Crippen LogP contribution >= 0.6 is 24.8 Å². The van der Waals surface area contributed by atoms with Gasteiger partial charge in [-0.25, -0.2) is 0 Å². The lowest BCUT2D eigenvalue weighted by Gasteiger charge is -2.19. The van der Waals surface area contributed by atoms with E-state index in [-0.39, 0.29) is 24.8 Å². The van der Waals surface area contributed by atoms with Crippen molar-refractivity contribution in [1.82, 2.24) is 5.32 Å². The van der Waals surface area contributed by atoms with E-state index >= 15 is 0 Å². The first-order valence-corrected chi connectivity index (χ1v) is 5.15. The molecule has 1 aromatic rings. The van der Waals surface area contributed by atoms with Crippen LogP contribution < -0.4 is 16.8 Å². The summed E-state index contributed by atoms with van der Waals surface area (Å²) in [6, 6.07) is 4.14. The van der Waals surface area contributed by atoms with E-state index in [0.717, 1.165) is 24.5 Å². The fourth-order valence-electron chi connectivity index (χ4n) is 2.79. The van der Waals surface area contributed by atoms with Gasteiger partial charge in [0.2, 0.25) is 0 Å². The summed E-state index contributed by atoms with van der Waals surface area (Å²) >= 11 is 0. The van der Waals surface area contributed by atoms with E-state index in [1.54, 1.807) is 0 Å². The zero-order chi connectivity index (χ0) is 9.71. The van der Waals surface area contributed by atoms with Crippen LogP contribution in [0.3, 0.4) is 0 Å². The summed E-state index contributed by atoms with van der Waals surface area (Å²) in [5.41, 5.74) is 16.0.